The van der Waals surface area contributed by atoms with Crippen molar-refractivity contribution in [3.63, 3.8) is 0 Å². The first kappa shape index (κ1) is 15.1. The number of rotatable bonds is 4. The minimum Gasteiger partial charge on any atom is -0.463 e. The molecule has 2 rings (SSSR count). The number of ether oxygens (including phenoxy) is 1. The summed E-state index contributed by atoms with van der Waals surface area (Å²) in [5.41, 5.74) is -0.135. The van der Waals surface area contributed by atoms with E-state index in [4.69, 9.17) is 14.0 Å². The summed E-state index contributed by atoms with van der Waals surface area (Å²) in [5, 5.41) is 0. The van der Waals surface area contributed by atoms with E-state index in [1.807, 2.05) is 45.9 Å². The summed E-state index contributed by atoms with van der Waals surface area (Å²) < 4.78 is 16.9. The third-order valence-corrected chi connectivity index (χ3v) is 3.90. The van der Waals surface area contributed by atoms with Gasteiger partial charge in [-0.2, -0.15) is 0 Å². The maximum Gasteiger partial charge on any atom is 0.461 e. The Morgan fingerprint density at radius 1 is 1.10 bits per heavy atom. The molecule has 0 saturated carbocycles. The Morgan fingerprint density at radius 2 is 1.65 bits per heavy atom. The Labute approximate surface area is 120 Å². The van der Waals surface area contributed by atoms with Gasteiger partial charge >= 0.3 is 13.1 Å². The van der Waals surface area contributed by atoms with Crippen molar-refractivity contribution in [3.05, 3.63) is 35.9 Å². The van der Waals surface area contributed by atoms with Gasteiger partial charge in [0.1, 0.15) is 0 Å². The summed E-state index contributed by atoms with van der Waals surface area (Å²) in [6.45, 7) is 8.29. The second kappa shape index (κ2) is 5.58. The SMILES string of the molecule is CC1(C)OB(CCOC(=O)c2ccccc2)OC1(C)C. The van der Waals surface area contributed by atoms with Gasteiger partial charge in [-0.05, 0) is 39.8 Å². The Hall–Kier alpha value is -1.33. The third kappa shape index (κ3) is 3.22. The Balaban J connectivity index is 1.79. The first-order chi connectivity index (χ1) is 9.32. The van der Waals surface area contributed by atoms with E-state index in [0.717, 1.165) is 0 Å². The quantitative estimate of drug-likeness (QED) is 0.626. The largest absolute Gasteiger partial charge is 0.463 e. The van der Waals surface area contributed by atoms with Crippen LogP contribution in [0.1, 0.15) is 38.1 Å². The van der Waals surface area contributed by atoms with Crippen molar-refractivity contribution in [2.45, 2.75) is 45.2 Å². The zero-order chi connectivity index (χ0) is 14.8. The molecule has 0 unspecified atom stereocenters. The van der Waals surface area contributed by atoms with Crippen LogP contribution in [0.2, 0.25) is 6.32 Å². The highest BCUT2D eigenvalue weighted by Gasteiger charge is 2.50. The molecule has 1 aliphatic rings. The molecular formula is C15H21BO4. The van der Waals surface area contributed by atoms with E-state index in [1.165, 1.54) is 0 Å². The Bertz CT molecular complexity index is 454. The van der Waals surface area contributed by atoms with Gasteiger partial charge in [-0.25, -0.2) is 4.79 Å². The highest BCUT2D eigenvalue weighted by Crippen LogP contribution is 2.37. The lowest BCUT2D eigenvalue weighted by Gasteiger charge is -2.32. The van der Waals surface area contributed by atoms with Gasteiger partial charge in [-0.15, -0.1) is 0 Å². The predicted octanol–water partition coefficient (Wildman–Crippen LogP) is 2.94. The average molecular weight is 276 g/mol. The van der Waals surface area contributed by atoms with Crippen LogP contribution in [0.5, 0.6) is 0 Å². The second-order valence-corrected chi connectivity index (χ2v) is 5.98. The van der Waals surface area contributed by atoms with Crippen molar-refractivity contribution in [2.75, 3.05) is 6.61 Å². The van der Waals surface area contributed by atoms with Crippen LogP contribution in [0, 0.1) is 0 Å². The van der Waals surface area contributed by atoms with Crippen molar-refractivity contribution in [1.82, 2.24) is 0 Å². The van der Waals surface area contributed by atoms with Gasteiger partial charge in [-0.1, -0.05) is 18.2 Å². The Morgan fingerprint density at radius 3 is 2.20 bits per heavy atom. The van der Waals surface area contributed by atoms with Gasteiger partial charge in [0.2, 0.25) is 0 Å². The summed E-state index contributed by atoms with van der Waals surface area (Å²) in [5.74, 6) is -0.317. The van der Waals surface area contributed by atoms with Gasteiger partial charge in [0.25, 0.3) is 0 Å². The van der Waals surface area contributed by atoms with E-state index in [0.29, 0.717) is 11.9 Å². The highest BCUT2D eigenvalue weighted by molar-refractivity contribution is 6.45. The van der Waals surface area contributed by atoms with Crippen LogP contribution in [-0.2, 0) is 14.0 Å². The molecule has 0 aromatic heterocycles. The molecule has 0 radical (unpaired) electrons. The monoisotopic (exact) mass is 276 g/mol. The summed E-state index contributed by atoms with van der Waals surface area (Å²) in [4.78, 5) is 11.8. The predicted molar refractivity (Wildman–Crippen MR) is 77.6 cm³/mol. The zero-order valence-electron chi connectivity index (χ0n) is 12.5. The number of benzene rings is 1. The molecule has 0 bridgehead atoms. The molecule has 20 heavy (non-hydrogen) atoms. The fourth-order valence-corrected chi connectivity index (χ4v) is 1.99. The minimum atomic E-state index is -0.346. The second-order valence-electron chi connectivity index (χ2n) is 5.98. The minimum absolute atomic E-state index is 0.282. The molecule has 1 saturated heterocycles. The first-order valence-corrected chi connectivity index (χ1v) is 6.90. The standard InChI is InChI=1S/C15H21BO4/c1-14(2)15(3,4)20-16(19-14)10-11-18-13(17)12-8-6-5-7-9-12/h5-9H,10-11H2,1-4H3. The van der Waals surface area contributed by atoms with Crippen LogP contribution in [0.3, 0.4) is 0 Å². The molecule has 0 aliphatic carbocycles. The lowest BCUT2D eigenvalue weighted by Crippen LogP contribution is -2.41. The molecule has 1 aromatic rings. The number of hydrogen-bond donors (Lipinski definition) is 0. The van der Waals surface area contributed by atoms with Gasteiger partial charge in [0, 0.05) is 6.32 Å². The van der Waals surface area contributed by atoms with E-state index in [-0.39, 0.29) is 30.9 Å². The Kier molecular flexibility index (Phi) is 4.21. The number of carbonyl (C=O) groups is 1. The molecule has 0 amide bonds. The van der Waals surface area contributed by atoms with Crippen molar-refractivity contribution in [2.24, 2.45) is 0 Å². The lowest BCUT2D eigenvalue weighted by atomic mass is 9.86. The van der Waals surface area contributed by atoms with E-state index in [1.54, 1.807) is 12.1 Å². The van der Waals surface area contributed by atoms with E-state index in [9.17, 15) is 4.79 Å². The molecule has 108 valence electrons. The van der Waals surface area contributed by atoms with E-state index in [2.05, 4.69) is 0 Å². The van der Waals surface area contributed by atoms with Gasteiger partial charge in [0.15, 0.2) is 0 Å². The maximum atomic E-state index is 11.8. The molecule has 0 N–H and O–H groups in total. The molecule has 1 aliphatic heterocycles. The van der Waals surface area contributed by atoms with Crippen LogP contribution >= 0.6 is 0 Å². The first-order valence-electron chi connectivity index (χ1n) is 6.90. The maximum absolute atomic E-state index is 11.8. The molecule has 0 spiro atoms. The fraction of sp³-hybridized carbons (Fsp3) is 0.533. The molecule has 0 atom stereocenters. The van der Waals surface area contributed by atoms with Crippen LogP contribution in [-0.4, -0.2) is 30.9 Å². The number of esters is 1. The van der Waals surface area contributed by atoms with Gasteiger partial charge < -0.3 is 14.0 Å². The highest BCUT2D eigenvalue weighted by atomic mass is 16.7. The molecule has 1 aromatic carbocycles. The molecule has 5 heteroatoms. The smallest absolute Gasteiger partial charge is 0.461 e. The average Bonchev–Trinajstić information content (AvgIpc) is 2.58. The van der Waals surface area contributed by atoms with Crippen molar-refractivity contribution < 1.29 is 18.8 Å². The summed E-state index contributed by atoms with van der Waals surface area (Å²) in [6.07, 6.45) is 0.533. The summed E-state index contributed by atoms with van der Waals surface area (Å²) >= 11 is 0. The fourth-order valence-electron chi connectivity index (χ4n) is 1.99. The third-order valence-electron chi connectivity index (χ3n) is 3.90. The zero-order valence-corrected chi connectivity index (χ0v) is 12.5. The van der Waals surface area contributed by atoms with Crippen LogP contribution < -0.4 is 0 Å². The lowest BCUT2D eigenvalue weighted by molar-refractivity contribution is 0.00578. The van der Waals surface area contributed by atoms with Crippen molar-refractivity contribution in [1.29, 1.82) is 0 Å². The molecule has 1 fully saturated rings. The van der Waals surface area contributed by atoms with Gasteiger partial charge in [0.05, 0.1) is 23.4 Å². The van der Waals surface area contributed by atoms with E-state index < -0.39 is 0 Å². The normalized spacial score (nSPS) is 19.9. The molecule has 1 heterocycles. The van der Waals surface area contributed by atoms with Gasteiger partial charge in [-0.3, -0.25) is 0 Å². The summed E-state index contributed by atoms with van der Waals surface area (Å²) in [6, 6.07) is 8.95. The topological polar surface area (TPSA) is 44.8 Å². The van der Waals surface area contributed by atoms with Crippen molar-refractivity contribution in [3.8, 4) is 0 Å². The molecule has 4 nitrogen and oxygen atoms in total. The van der Waals surface area contributed by atoms with Crippen LogP contribution in [0.4, 0.5) is 0 Å². The number of hydrogen-bond acceptors (Lipinski definition) is 4. The van der Waals surface area contributed by atoms with E-state index >= 15 is 0 Å². The van der Waals surface area contributed by atoms with Crippen LogP contribution in [0.15, 0.2) is 30.3 Å². The molecular weight excluding hydrogens is 255 g/mol. The number of carbonyl (C=O) groups excluding carboxylic acids is 1. The summed E-state index contributed by atoms with van der Waals surface area (Å²) in [7, 11) is -0.330. The van der Waals surface area contributed by atoms with Crippen molar-refractivity contribution >= 4 is 13.1 Å². The van der Waals surface area contributed by atoms with Crippen LogP contribution in [0.25, 0.3) is 0 Å².